The predicted molar refractivity (Wildman–Crippen MR) is 107 cm³/mol. The van der Waals surface area contributed by atoms with E-state index in [0.717, 1.165) is 16.9 Å². The first-order valence-electron chi connectivity index (χ1n) is 9.00. The van der Waals surface area contributed by atoms with Crippen LogP contribution in [0.4, 0.5) is 4.39 Å². The van der Waals surface area contributed by atoms with E-state index in [1.54, 1.807) is 24.0 Å². The molecular weight excluding hydrogens is 363 g/mol. The highest BCUT2D eigenvalue weighted by atomic mass is 32.2. The van der Waals surface area contributed by atoms with Crippen LogP contribution in [-0.4, -0.2) is 35.1 Å². The number of halogens is 1. The van der Waals surface area contributed by atoms with Crippen LogP contribution in [0, 0.1) is 5.82 Å². The fourth-order valence-corrected chi connectivity index (χ4v) is 3.32. The van der Waals surface area contributed by atoms with Crippen molar-refractivity contribution in [3.8, 4) is 0 Å². The molecule has 0 aliphatic heterocycles. The fraction of sp³-hybridized carbons (Fsp3) is 0.333. The molecule has 1 N–H and O–H groups in total. The van der Waals surface area contributed by atoms with Crippen molar-refractivity contribution >= 4 is 23.6 Å². The van der Waals surface area contributed by atoms with Gasteiger partial charge in [-0.2, -0.15) is 0 Å². The fourth-order valence-electron chi connectivity index (χ4n) is 2.51. The van der Waals surface area contributed by atoms with Crippen molar-refractivity contribution in [3.63, 3.8) is 0 Å². The van der Waals surface area contributed by atoms with E-state index in [0.29, 0.717) is 6.54 Å². The van der Waals surface area contributed by atoms with Crippen LogP contribution in [0.3, 0.4) is 0 Å². The molecule has 4 nitrogen and oxygen atoms in total. The quantitative estimate of drug-likeness (QED) is 0.664. The van der Waals surface area contributed by atoms with Crippen molar-refractivity contribution in [3.05, 3.63) is 66.0 Å². The summed E-state index contributed by atoms with van der Waals surface area (Å²) in [6.07, 6.45) is 0.828. The van der Waals surface area contributed by atoms with E-state index in [1.165, 1.54) is 23.9 Å². The lowest BCUT2D eigenvalue weighted by molar-refractivity contribution is -0.138. The van der Waals surface area contributed by atoms with Gasteiger partial charge in [0, 0.05) is 18.0 Å². The molecule has 0 heterocycles. The van der Waals surface area contributed by atoms with Gasteiger partial charge in [-0.15, -0.1) is 11.8 Å². The van der Waals surface area contributed by atoms with Crippen LogP contribution in [-0.2, 0) is 16.1 Å². The highest BCUT2D eigenvalue weighted by Gasteiger charge is 2.25. The lowest BCUT2D eigenvalue weighted by atomic mass is 10.1. The number of carbonyl (C=O) groups excluding carboxylic acids is 2. The van der Waals surface area contributed by atoms with Gasteiger partial charge in [-0.3, -0.25) is 9.59 Å². The van der Waals surface area contributed by atoms with Crippen LogP contribution in [0.5, 0.6) is 0 Å². The Hall–Kier alpha value is -2.34. The zero-order chi connectivity index (χ0) is 19.6. The summed E-state index contributed by atoms with van der Waals surface area (Å²) in [5.41, 5.74) is 0.782. The first-order chi connectivity index (χ1) is 13.0. The first kappa shape index (κ1) is 21.0. The van der Waals surface area contributed by atoms with Crippen LogP contribution < -0.4 is 5.32 Å². The zero-order valence-corrected chi connectivity index (χ0v) is 16.5. The van der Waals surface area contributed by atoms with Crippen molar-refractivity contribution in [2.45, 2.75) is 37.8 Å². The Balaban J connectivity index is 2.10. The molecule has 27 heavy (non-hydrogen) atoms. The molecule has 0 fully saturated rings. The lowest BCUT2D eigenvalue weighted by Gasteiger charge is -2.28. The van der Waals surface area contributed by atoms with Gasteiger partial charge in [0.05, 0.1) is 5.75 Å². The van der Waals surface area contributed by atoms with Crippen LogP contribution in [0.2, 0.25) is 0 Å². The van der Waals surface area contributed by atoms with E-state index >= 15 is 0 Å². The van der Waals surface area contributed by atoms with Crippen molar-refractivity contribution in [2.24, 2.45) is 0 Å². The standard InChI is InChI=1S/C21H25FN2O2S/c1-3-13-23-21(26)16(2)24(14-17-9-11-18(22)12-10-17)20(25)15-27-19-7-5-4-6-8-19/h4-12,16H,3,13-15H2,1-2H3,(H,23,26). The van der Waals surface area contributed by atoms with Gasteiger partial charge in [-0.25, -0.2) is 4.39 Å². The minimum Gasteiger partial charge on any atom is -0.354 e. The van der Waals surface area contributed by atoms with Crippen LogP contribution in [0.1, 0.15) is 25.8 Å². The topological polar surface area (TPSA) is 49.4 Å². The van der Waals surface area contributed by atoms with E-state index in [4.69, 9.17) is 0 Å². The van der Waals surface area contributed by atoms with Gasteiger partial charge >= 0.3 is 0 Å². The number of nitrogens with zero attached hydrogens (tertiary/aromatic N) is 1. The normalized spacial score (nSPS) is 11.7. The molecule has 0 aliphatic rings. The zero-order valence-electron chi connectivity index (χ0n) is 15.7. The van der Waals surface area contributed by atoms with Gasteiger partial charge in [-0.1, -0.05) is 37.3 Å². The third kappa shape index (κ3) is 6.71. The third-order valence-corrected chi connectivity index (χ3v) is 5.09. The van der Waals surface area contributed by atoms with E-state index in [-0.39, 0.29) is 29.9 Å². The summed E-state index contributed by atoms with van der Waals surface area (Å²) in [6.45, 7) is 4.53. The largest absolute Gasteiger partial charge is 0.354 e. The Morgan fingerprint density at radius 1 is 1.11 bits per heavy atom. The summed E-state index contributed by atoms with van der Waals surface area (Å²) in [5, 5.41) is 2.84. The smallest absolute Gasteiger partial charge is 0.242 e. The number of rotatable bonds is 9. The van der Waals surface area contributed by atoms with Gasteiger partial charge in [0.2, 0.25) is 11.8 Å². The number of hydrogen-bond acceptors (Lipinski definition) is 3. The molecule has 2 rings (SSSR count). The summed E-state index contributed by atoms with van der Waals surface area (Å²) in [4.78, 5) is 27.8. The average Bonchev–Trinajstić information content (AvgIpc) is 2.70. The van der Waals surface area contributed by atoms with Crippen LogP contribution in [0.15, 0.2) is 59.5 Å². The maximum atomic E-state index is 13.2. The first-order valence-corrected chi connectivity index (χ1v) is 9.99. The number of nitrogens with one attached hydrogen (secondary N) is 1. The summed E-state index contributed by atoms with van der Waals surface area (Å²) in [5.74, 6) is -0.411. The molecule has 0 bridgehead atoms. The number of amides is 2. The van der Waals surface area contributed by atoms with Crippen molar-refractivity contribution in [2.75, 3.05) is 12.3 Å². The van der Waals surface area contributed by atoms with E-state index in [1.807, 2.05) is 37.3 Å². The Morgan fingerprint density at radius 2 is 1.78 bits per heavy atom. The second-order valence-electron chi connectivity index (χ2n) is 6.22. The number of hydrogen-bond donors (Lipinski definition) is 1. The Morgan fingerprint density at radius 3 is 2.41 bits per heavy atom. The minimum absolute atomic E-state index is 0.132. The SMILES string of the molecule is CCCNC(=O)C(C)N(Cc1ccc(F)cc1)C(=O)CSc1ccccc1. The summed E-state index contributed by atoms with van der Waals surface area (Å²) >= 11 is 1.43. The molecule has 2 amide bonds. The molecule has 144 valence electrons. The second-order valence-corrected chi connectivity index (χ2v) is 7.27. The van der Waals surface area contributed by atoms with Gasteiger partial charge in [-0.05, 0) is 43.2 Å². The van der Waals surface area contributed by atoms with Gasteiger partial charge in [0.15, 0.2) is 0 Å². The Kier molecular flexibility index (Phi) is 8.33. The van der Waals surface area contributed by atoms with Crippen molar-refractivity contribution < 1.29 is 14.0 Å². The maximum Gasteiger partial charge on any atom is 0.242 e. The van der Waals surface area contributed by atoms with Gasteiger partial charge in [0.1, 0.15) is 11.9 Å². The molecule has 0 saturated carbocycles. The van der Waals surface area contributed by atoms with Gasteiger partial charge in [0.25, 0.3) is 0 Å². The van der Waals surface area contributed by atoms with Crippen molar-refractivity contribution in [1.82, 2.24) is 10.2 Å². The molecule has 0 spiro atoms. The highest BCUT2D eigenvalue weighted by Crippen LogP contribution is 2.19. The molecule has 2 aromatic carbocycles. The number of benzene rings is 2. The van der Waals surface area contributed by atoms with E-state index in [9.17, 15) is 14.0 Å². The Labute approximate surface area is 164 Å². The van der Waals surface area contributed by atoms with E-state index in [2.05, 4.69) is 5.32 Å². The number of thioether (sulfide) groups is 1. The monoisotopic (exact) mass is 388 g/mol. The summed E-state index contributed by atoms with van der Waals surface area (Å²) in [7, 11) is 0. The lowest BCUT2D eigenvalue weighted by Crippen LogP contribution is -2.48. The molecule has 0 aliphatic carbocycles. The Bertz CT molecular complexity index is 738. The van der Waals surface area contributed by atoms with Crippen LogP contribution >= 0.6 is 11.8 Å². The molecule has 0 aromatic heterocycles. The highest BCUT2D eigenvalue weighted by molar-refractivity contribution is 8.00. The molecule has 0 radical (unpaired) electrons. The average molecular weight is 389 g/mol. The van der Waals surface area contributed by atoms with E-state index < -0.39 is 6.04 Å². The summed E-state index contributed by atoms with van der Waals surface area (Å²) < 4.78 is 13.2. The number of carbonyl (C=O) groups is 2. The molecule has 1 atom stereocenters. The molecule has 2 aromatic rings. The van der Waals surface area contributed by atoms with Gasteiger partial charge < -0.3 is 10.2 Å². The minimum atomic E-state index is -0.606. The molecular formula is C21H25FN2O2S. The van der Waals surface area contributed by atoms with Crippen LogP contribution in [0.25, 0.3) is 0 Å². The summed E-state index contributed by atoms with van der Waals surface area (Å²) in [6, 6.07) is 15.0. The molecule has 6 heteroatoms. The molecule has 0 saturated heterocycles. The predicted octanol–water partition coefficient (Wildman–Crippen LogP) is 3.86. The van der Waals surface area contributed by atoms with Crippen molar-refractivity contribution in [1.29, 1.82) is 0 Å². The second kappa shape index (κ2) is 10.7. The molecule has 1 unspecified atom stereocenters. The third-order valence-electron chi connectivity index (χ3n) is 4.09. The maximum absolute atomic E-state index is 13.2.